The fourth-order valence-corrected chi connectivity index (χ4v) is 4.23. The Bertz CT molecular complexity index is 320. The molecule has 0 aromatic carbocycles. The quantitative estimate of drug-likeness (QED) is 0.487. The number of hydrogen-bond donors (Lipinski definition) is 0. The average molecular weight is 206 g/mol. The predicted octanol–water partition coefficient (Wildman–Crippen LogP) is 2.68. The van der Waals surface area contributed by atoms with Gasteiger partial charge >= 0.3 is 5.97 Å². The van der Waals surface area contributed by atoms with Crippen molar-refractivity contribution in [2.45, 2.75) is 45.1 Å². The lowest BCUT2D eigenvalue weighted by Gasteiger charge is -2.38. The second-order valence-corrected chi connectivity index (χ2v) is 5.38. The Labute approximate surface area is 90.7 Å². The Balaban J connectivity index is 1.88. The molecule has 15 heavy (non-hydrogen) atoms. The van der Waals surface area contributed by atoms with E-state index in [1.54, 1.807) is 0 Å². The average Bonchev–Trinajstić information content (AvgIpc) is 2.70. The Morgan fingerprint density at radius 3 is 3.13 bits per heavy atom. The summed E-state index contributed by atoms with van der Waals surface area (Å²) in [5.41, 5.74) is 0.324. The Hall–Kier alpha value is -0.790. The summed E-state index contributed by atoms with van der Waals surface area (Å²) in [6.07, 6.45) is 10.9. The molecule has 82 valence electrons. The van der Waals surface area contributed by atoms with E-state index in [0.29, 0.717) is 5.41 Å². The molecule has 0 heterocycles. The van der Waals surface area contributed by atoms with Crippen molar-refractivity contribution in [3.05, 3.63) is 12.2 Å². The van der Waals surface area contributed by atoms with Gasteiger partial charge in [0.25, 0.3) is 0 Å². The van der Waals surface area contributed by atoms with Crippen LogP contribution in [0, 0.1) is 17.3 Å². The van der Waals surface area contributed by atoms with E-state index in [0.717, 1.165) is 24.7 Å². The lowest BCUT2D eigenvalue weighted by Crippen LogP contribution is -2.37. The maximum Gasteiger partial charge on any atom is 0.302 e. The molecule has 2 nitrogen and oxygen atoms in total. The molecule has 0 spiro atoms. The van der Waals surface area contributed by atoms with Gasteiger partial charge in [0.15, 0.2) is 0 Å². The fourth-order valence-electron chi connectivity index (χ4n) is 4.23. The van der Waals surface area contributed by atoms with Crippen molar-refractivity contribution in [1.82, 2.24) is 0 Å². The summed E-state index contributed by atoms with van der Waals surface area (Å²) in [6, 6.07) is 0. The van der Waals surface area contributed by atoms with Gasteiger partial charge in [0.05, 0.1) is 0 Å². The molecule has 0 aliphatic heterocycles. The SMILES string of the molecule is CC(=O)O[C@H]1C[C@H]2CC[C@]13CC=CC[C@H]23. The molecule has 3 rings (SSSR count). The highest BCUT2D eigenvalue weighted by Crippen LogP contribution is 2.63. The van der Waals surface area contributed by atoms with Crippen molar-refractivity contribution < 1.29 is 9.53 Å². The van der Waals surface area contributed by atoms with E-state index in [9.17, 15) is 4.79 Å². The Kier molecular flexibility index (Phi) is 1.95. The van der Waals surface area contributed by atoms with Gasteiger partial charge in [-0.15, -0.1) is 0 Å². The first-order chi connectivity index (χ1) is 7.22. The topological polar surface area (TPSA) is 26.3 Å². The molecule has 0 saturated heterocycles. The minimum Gasteiger partial charge on any atom is -0.462 e. The minimum atomic E-state index is -0.102. The van der Waals surface area contributed by atoms with E-state index in [2.05, 4.69) is 12.2 Å². The van der Waals surface area contributed by atoms with Crippen LogP contribution in [0.5, 0.6) is 0 Å². The number of carbonyl (C=O) groups excluding carboxylic acids is 1. The molecule has 3 aliphatic rings. The van der Waals surface area contributed by atoms with Crippen LogP contribution in [0.25, 0.3) is 0 Å². The van der Waals surface area contributed by atoms with Crippen LogP contribution in [0.1, 0.15) is 39.0 Å². The van der Waals surface area contributed by atoms with Gasteiger partial charge in [-0.3, -0.25) is 4.79 Å². The standard InChI is InChI=1S/C13H18O2/c1-9(14)15-12-8-10-5-7-13(12)6-3-2-4-11(10)13/h2-3,10-12H,4-8H2,1H3/t10-,11-,12+,13+/m1/s1. The summed E-state index contributed by atoms with van der Waals surface area (Å²) in [5.74, 6) is 1.52. The minimum absolute atomic E-state index is 0.102. The zero-order valence-electron chi connectivity index (χ0n) is 9.24. The fraction of sp³-hybridized carbons (Fsp3) is 0.769. The summed E-state index contributed by atoms with van der Waals surface area (Å²) in [6.45, 7) is 1.54. The normalized spacial score (nSPS) is 46.6. The predicted molar refractivity (Wildman–Crippen MR) is 57.2 cm³/mol. The van der Waals surface area contributed by atoms with Gasteiger partial charge in [-0.1, -0.05) is 12.2 Å². The first-order valence-corrected chi connectivity index (χ1v) is 6.04. The number of carbonyl (C=O) groups is 1. The molecular weight excluding hydrogens is 188 g/mol. The molecule has 0 aromatic rings. The van der Waals surface area contributed by atoms with Crippen molar-refractivity contribution in [3.8, 4) is 0 Å². The monoisotopic (exact) mass is 206 g/mol. The number of hydrogen-bond acceptors (Lipinski definition) is 2. The van der Waals surface area contributed by atoms with Gasteiger partial charge in [0.2, 0.25) is 0 Å². The molecule has 0 amide bonds. The molecule has 2 saturated carbocycles. The van der Waals surface area contributed by atoms with Crippen molar-refractivity contribution in [1.29, 1.82) is 0 Å². The lowest BCUT2D eigenvalue weighted by atomic mass is 9.70. The highest BCUT2D eigenvalue weighted by molar-refractivity contribution is 5.66. The third-order valence-corrected chi connectivity index (χ3v) is 4.81. The maximum atomic E-state index is 11.1. The highest BCUT2D eigenvalue weighted by Gasteiger charge is 2.60. The molecule has 0 radical (unpaired) electrons. The third kappa shape index (κ3) is 1.20. The molecule has 4 atom stereocenters. The lowest BCUT2D eigenvalue weighted by molar-refractivity contribution is -0.153. The molecule has 2 heteroatoms. The number of ether oxygens (including phenoxy) is 1. The van der Waals surface area contributed by atoms with Gasteiger partial charge in [-0.2, -0.15) is 0 Å². The maximum absolute atomic E-state index is 11.1. The first-order valence-electron chi connectivity index (χ1n) is 6.04. The van der Waals surface area contributed by atoms with E-state index < -0.39 is 0 Å². The molecule has 2 fully saturated rings. The van der Waals surface area contributed by atoms with Gasteiger partial charge in [-0.25, -0.2) is 0 Å². The zero-order valence-corrected chi connectivity index (χ0v) is 9.24. The van der Waals surface area contributed by atoms with Crippen LogP contribution in [-0.2, 0) is 9.53 Å². The van der Waals surface area contributed by atoms with Crippen molar-refractivity contribution in [2.75, 3.05) is 0 Å². The third-order valence-electron chi connectivity index (χ3n) is 4.81. The molecule has 3 aliphatic carbocycles. The Morgan fingerprint density at radius 2 is 2.33 bits per heavy atom. The largest absolute Gasteiger partial charge is 0.462 e. The number of rotatable bonds is 1. The summed E-state index contributed by atoms with van der Waals surface area (Å²) < 4.78 is 5.53. The number of allylic oxidation sites excluding steroid dienone is 2. The van der Waals surface area contributed by atoms with Crippen LogP contribution < -0.4 is 0 Å². The van der Waals surface area contributed by atoms with Crippen LogP contribution in [0.15, 0.2) is 12.2 Å². The van der Waals surface area contributed by atoms with Gasteiger partial charge < -0.3 is 4.74 Å². The van der Waals surface area contributed by atoms with Crippen molar-refractivity contribution in [2.24, 2.45) is 17.3 Å². The van der Waals surface area contributed by atoms with Crippen LogP contribution in [0.3, 0.4) is 0 Å². The van der Waals surface area contributed by atoms with Crippen molar-refractivity contribution >= 4 is 5.97 Å². The van der Waals surface area contributed by atoms with E-state index >= 15 is 0 Å². The van der Waals surface area contributed by atoms with Crippen LogP contribution in [0.2, 0.25) is 0 Å². The molecule has 2 bridgehead atoms. The van der Waals surface area contributed by atoms with E-state index in [1.807, 2.05) is 0 Å². The van der Waals surface area contributed by atoms with Gasteiger partial charge in [0, 0.05) is 12.3 Å². The number of esters is 1. The van der Waals surface area contributed by atoms with E-state index in [1.165, 1.54) is 26.2 Å². The van der Waals surface area contributed by atoms with Gasteiger partial charge in [-0.05, 0) is 43.9 Å². The Morgan fingerprint density at radius 1 is 1.47 bits per heavy atom. The highest BCUT2D eigenvalue weighted by atomic mass is 16.5. The summed E-state index contributed by atoms with van der Waals surface area (Å²) >= 11 is 0. The smallest absolute Gasteiger partial charge is 0.302 e. The molecule has 0 N–H and O–H groups in total. The first kappa shape index (κ1) is 9.44. The summed E-state index contributed by atoms with van der Waals surface area (Å²) in [5, 5.41) is 0. The zero-order chi connectivity index (χ0) is 10.5. The van der Waals surface area contributed by atoms with Crippen LogP contribution in [0.4, 0.5) is 0 Å². The molecule has 0 unspecified atom stereocenters. The van der Waals surface area contributed by atoms with Crippen LogP contribution >= 0.6 is 0 Å². The molecular formula is C13H18O2. The van der Waals surface area contributed by atoms with E-state index in [-0.39, 0.29) is 12.1 Å². The second-order valence-electron chi connectivity index (χ2n) is 5.38. The summed E-state index contributed by atoms with van der Waals surface area (Å²) in [7, 11) is 0. The van der Waals surface area contributed by atoms with E-state index in [4.69, 9.17) is 4.74 Å². The van der Waals surface area contributed by atoms with Crippen LogP contribution in [-0.4, -0.2) is 12.1 Å². The van der Waals surface area contributed by atoms with Crippen molar-refractivity contribution in [3.63, 3.8) is 0 Å². The second kappa shape index (κ2) is 3.10. The summed E-state index contributed by atoms with van der Waals surface area (Å²) in [4.78, 5) is 11.1. The molecule has 0 aromatic heterocycles. The van der Waals surface area contributed by atoms with Gasteiger partial charge in [0.1, 0.15) is 6.10 Å².